The van der Waals surface area contributed by atoms with Crippen LogP contribution in [0.15, 0.2) is 30.3 Å². The summed E-state index contributed by atoms with van der Waals surface area (Å²) in [6.45, 7) is 1.86. The third-order valence-corrected chi connectivity index (χ3v) is 1.79. The van der Waals surface area contributed by atoms with Crippen molar-refractivity contribution in [1.82, 2.24) is 0 Å². The first-order valence-corrected chi connectivity index (χ1v) is 3.90. The van der Waals surface area contributed by atoms with Crippen LogP contribution in [0.1, 0.15) is 18.1 Å². The molecule has 0 N–H and O–H groups in total. The molecule has 0 spiro atoms. The maximum absolute atomic E-state index is 10.2. The van der Waals surface area contributed by atoms with Crippen LogP contribution in [0, 0.1) is 11.3 Å². The van der Waals surface area contributed by atoms with Crippen molar-refractivity contribution in [2.45, 2.75) is 6.92 Å². The smallest absolute Gasteiger partial charge is 0.143 e. The molecule has 0 unspecified atom stereocenters. The van der Waals surface area contributed by atoms with E-state index in [1.54, 1.807) is 12.1 Å². The molecule has 1 aromatic rings. The van der Waals surface area contributed by atoms with Gasteiger partial charge in [0, 0.05) is 0 Å². The van der Waals surface area contributed by atoms with Crippen molar-refractivity contribution in [2.75, 3.05) is 0 Å². The lowest BCUT2D eigenvalue weighted by Crippen LogP contribution is -1.81. The third kappa shape index (κ3) is 2.28. The monoisotopic (exact) mass is 171 g/mol. The number of allylic oxidation sites excluding steroid dienone is 2. The number of nitriles is 1. The molecule has 2 heteroatoms. The van der Waals surface area contributed by atoms with Crippen molar-refractivity contribution in [3.05, 3.63) is 41.5 Å². The highest BCUT2D eigenvalue weighted by Crippen LogP contribution is 2.13. The lowest BCUT2D eigenvalue weighted by molar-refractivity contribution is -0.104. The number of rotatable bonds is 2. The lowest BCUT2D eigenvalue weighted by atomic mass is 10.1. The van der Waals surface area contributed by atoms with Gasteiger partial charge in [0.1, 0.15) is 6.29 Å². The van der Waals surface area contributed by atoms with E-state index in [1.807, 2.05) is 25.1 Å². The Balaban J connectivity index is 3.00. The first-order chi connectivity index (χ1) is 6.27. The molecule has 0 aliphatic heterocycles. The van der Waals surface area contributed by atoms with Gasteiger partial charge < -0.3 is 0 Å². The van der Waals surface area contributed by atoms with Crippen molar-refractivity contribution >= 4 is 11.9 Å². The topological polar surface area (TPSA) is 40.9 Å². The highest BCUT2D eigenvalue weighted by atomic mass is 16.1. The number of benzene rings is 1. The molecule has 0 amide bonds. The van der Waals surface area contributed by atoms with Gasteiger partial charge in [-0.25, -0.2) is 0 Å². The van der Waals surface area contributed by atoms with Crippen molar-refractivity contribution < 1.29 is 4.79 Å². The SMILES string of the molecule is CC(=CC=O)c1ccc(C#N)cc1. The van der Waals surface area contributed by atoms with Crippen LogP contribution in [0.25, 0.3) is 5.57 Å². The minimum Gasteiger partial charge on any atom is -0.299 e. The van der Waals surface area contributed by atoms with Crippen LogP contribution in [0.4, 0.5) is 0 Å². The number of nitrogens with zero attached hydrogens (tertiary/aromatic N) is 1. The highest BCUT2D eigenvalue weighted by molar-refractivity contribution is 5.80. The van der Waals surface area contributed by atoms with E-state index in [0.717, 1.165) is 17.4 Å². The standard InChI is InChI=1S/C11H9NO/c1-9(6-7-13)11-4-2-10(8-12)3-5-11/h2-7H,1H3. The summed E-state index contributed by atoms with van der Waals surface area (Å²) in [5, 5.41) is 8.55. The zero-order valence-electron chi connectivity index (χ0n) is 7.32. The lowest BCUT2D eigenvalue weighted by Gasteiger charge is -1.98. The molecule has 0 saturated heterocycles. The summed E-state index contributed by atoms with van der Waals surface area (Å²) >= 11 is 0. The van der Waals surface area contributed by atoms with E-state index in [4.69, 9.17) is 5.26 Å². The van der Waals surface area contributed by atoms with E-state index in [-0.39, 0.29) is 0 Å². The van der Waals surface area contributed by atoms with Crippen LogP contribution < -0.4 is 0 Å². The van der Waals surface area contributed by atoms with Gasteiger partial charge in [-0.05, 0) is 36.3 Å². The van der Waals surface area contributed by atoms with E-state index < -0.39 is 0 Å². The van der Waals surface area contributed by atoms with Gasteiger partial charge in [0.25, 0.3) is 0 Å². The van der Waals surface area contributed by atoms with Gasteiger partial charge in [0.05, 0.1) is 11.6 Å². The van der Waals surface area contributed by atoms with Crippen molar-refractivity contribution in [3.8, 4) is 6.07 Å². The molecule has 1 rings (SSSR count). The number of carbonyl (C=O) groups excluding carboxylic acids is 1. The summed E-state index contributed by atoms with van der Waals surface area (Å²) < 4.78 is 0. The minimum absolute atomic E-state index is 0.627. The highest BCUT2D eigenvalue weighted by Gasteiger charge is 1.94. The van der Waals surface area contributed by atoms with Gasteiger partial charge in [-0.2, -0.15) is 5.26 Å². The molecule has 0 bridgehead atoms. The Labute approximate surface area is 77.1 Å². The second kappa shape index (κ2) is 4.22. The first-order valence-electron chi connectivity index (χ1n) is 3.90. The fourth-order valence-electron chi connectivity index (χ4n) is 1.01. The fourth-order valence-corrected chi connectivity index (χ4v) is 1.01. The molecule has 64 valence electrons. The van der Waals surface area contributed by atoms with Gasteiger partial charge >= 0.3 is 0 Å². The Morgan fingerprint density at radius 2 is 2.00 bits per heavy atom. The molecule has 0 saturated carbocycles. The van der Waals surface area contributed by atoms with Crippen LogP contribution in [0.5, 0.6) is 0 Å². The Morgan fingerprint density at radius 3 is 2.46 bits per heavy atom. The van der Waals surface area contributed by atoms with Gasteiger partial charge in [-0.1, -0.05) is 12.1 Å². The first kappa shape index (κ1) is 9.21. The van der Waals surface area contributed by atoms with Crippen molar-refractivity contribution in [2.24, 2.45) is 0 Å². The van der Waals surface area contributed by atoms with Gasteiger partial charge in [-0.15, -0.1) is 0 Å². The predicted molar refractivity (Wildman–Crippen MR) is 50.9 cm³/mol. The number of hydrogen-bond donors (Lipinski definition) is 0. The molecule has 0 aromatic heterocycles. The van der Waals surface area contributed by atoms with Crippen molar-refractivity contribution in [1.29, 1.82) is 5.26 Å². The molecule has 1 aromatic carbocycles. The Kier molecular flexibility index (Phi) is 2.99. The molecule has 2 nitrogen and oxygen atoms in total. The average molecular weight is 171 g/mol. The molecular formula is C11H9NO. The predicted octanol–water partition coefficient (Wildman–Crippen LogP) is 2.16. The second-order valence-electron chi connectivity index (χ2n) is 2.67. The molecule has 0 atom stereocenters. The normalized spacial score (nSPS) is 10.6. The number of aldehydes is 1. The molecule has 13 heavy (non-hydrogen) atoms. The van der Waals surface area contributed by atoms with E-state index >= 15 is 0 Å². The Morgan fingerprint density at radius 1 is 1.38 bits per heavy atom. The van der Waals surface area contributed by atoms with Crippen LogP contribution in [0.3, 0.4) is 0 Å². The molecule has 0 aliphatic rings. The molecule has 0 fully saturated rings. The zero-order valence-corrected chi connectivity index (χ0v) is 7.32. The maximum atomic E-state index is 10.2. The van der Waals surface area contributed by atoms with Crippen molar-refractivity contribution in [3.63, 3.8) is 0 Å². The molecular weight excluding hydrogens is 162 g/mol. The van der Waals surface area contributed by atoms with E-state index in [9.17, 15) is 4.79 Å². The average Bonchev–Trinajstić information content (AvgIpc) is 2.18. The number of carbonyl (C=O) groups is 1. The van der Waals surface area contributed by atoms with E-state index in [1.165, 1.54) is 6.08 Å². The van der Waals surface area contributed by atoms with Crippen LogP contribution in [-0.2, 0) is 4.79 Å². The van der Waals surface area contributed by atoms with E-state index in [2.05, 4.69) is 0 Å². The molecule has 0 radical (unpaired) electrons. The summed E-state index contributed by atoms with van der Waals surface area (Å²) in [6, 6.07) is 9.16. The largest absolute Gasteiger partial charge is 0.299 e. The second-order valence-corrected chi connectivity index (χ2v) is 2.67. The summed E-state index contributed by atoms with van der Waals surface area (Å²) in [7, 11) is 0. The molecule has 0 heterocycles. The molecule has 0 aliphatic carbocycles. The summed E-state index contributed by atoms with van der Waals surface area (Å²) in [4.78, 5) is 10.2. The minimum atomic E-state index is 0.627. The Bertz CT molecular complexity index is 368. The summed E-state index contributed by atoms with van der Waals surface area (Å²) in [5.74, 6) is 0. The zero-order chi connectivity index (χ0) is 9.68. The number of hydrogen-bond acceptors (Lipinski definition) is 2. The maximum Gasteiger partial charge on any atom is 0.143 e. The van der Waals surface area contributed by atoms with Crippen LogP contribution in [-0.4, -0.2) is 6.29 Å². The quantitative estimate of drug-likeness (QED) is 0.505. The van der Waals surface area contributed by atoms with E-state index in [0.29, 0.717) is 5.56 Å². The fraction of sp³-hybridized carbons (Fsp3) is 0.0909. The van der Waals surface area contributed by atoms with Crippen LogP contribution in [0.2, 0.25) is 0 Å². The van der Waals surface area contributed by atoms with Gasteiger partial charge in [0.2, 0.25) is 0 Å². The summed E-state index contributed by atoms with van der Waals surface area (Å²) in [6.07, 6.45) is 2.26. The third-order valence-electron chi connectivity index (χ3n) is 1.79. The summed E-state index contributed by atoms with van der Waals surface area (Å²) in [5.41, 5.74) is 2.49. The Hall–Kier alpha value is -1.88. The van der Waals surface area contributed by atoms with Crippen LogP contribution >= 0.6 is 0 Å². The van der Waals surface area contributed by atoms with Gasteiger partial charge in [0.15, 0.2) is 0 Å². The van der Waals surface area contributed by atoms with Gasteiger partial charge in [-0.3, -0.25) is 4.79 Å².